The zero-order chi connectivity index (χ0) is 15.4. The zero-order valence-corrected chi connectivity index (χ0v) is 13.4. The van der Waals surface area contributed by atoms with E-state index in [2.05, 4.69) is 47.4 Å². The molecule has 2 nitrogen and oxygen atoms in total. The molecule has 0 saturated carbocycles. The first kappa shape index (κ1) is 12.9. The number of benzene rings is 3. The molecule has 2 heterocycles. The predicted molar refractivity (Wildman–Crippen MR) is 98.7 cm³/mol. The van der Waals surface area contributed by atoms with Crippen LogP contribution in [0.25, 0.3) is 41.8 Å². The van der Waals surface area contributed by atoms with Gasteiger partial charge in [-0.1, -0.05) is 30.3 Å². The van der Waals surface area contributed by atoms with E-state index in [9.17, 15) is 0 Å². The molecule has 3 aromatic carbocycles. The first-order valence-electron chi connectivity index (χ1n) is 7.52. The highest BCUT2D eigenvalue weighted by Gasteiger charge is 2.12. The van der Waals surface area contributed by atoms with Crippen molar-refractivity contribution in [3.05, 3.63) is 60.8 Å². The molecule has 0 fully saturated rings. The average Bonchev–Trinajstić information content (AvgIpc) is 3.00. The molecule has 2 aromatic heterocycles. The van der Waals surface area contributed by atoms with E-state index >= 15 is 0 Å². The first-order valence-corrected chi connectivity index (χ1v) is 8.33. The number of nitrogens with zero attached hydrogens (tertiary/aromatic N) is 1. The number of methoxy groups -OCH3 is 1. The van der Waals surface area contributed by atoms with Gasteiger partial charge in [-0.15, -0.1) is 11.3 Å². The lowest BCUT2D eigenvalue weighted by Gasteiger charge is -2.05. The van der Waals surface area contributed by atoms with Crippen molar-refractivity contribution in [2.24, 2.45) is 0 Å². The summed E-state index contributed by atoms with van der Waals surface area (Å²) >= 11 is 1.80. The summed E-state index contributed by atoms with van der Waals surface area (Å²) in [6.07, 6.45) is 1.99. The summed E-state index contributed by atoms with van der Waals surface area (Å²) in [4.78, 5) is 4.61. The molecule has 5 rings (SSSR count). The molecule has 0 radical (unpaired) electrons. The number of ether oxygens (including phenoxy) is 1. The highest BCUT2D eigenvalue weighted by Crippen LogP contribution is 2.41. The lowest BCUT2D eigenvalue weighted by atomic mass is 10.0. The molecule has 0 atom stereocenters. The van der Waals surface area contributed by atoms with Gasteiger partial charge in [-0.05, 0) is 35.0 Å². The maximum absolute atomic E-state index is 5.42. The highest BCUT2D eigenvalue weighted by molar-refractivity contribution is 7.26. The summed E-state index contributed by atoms with van der Waals surface area (Å²) < 4.78 is 7.94. The summed E-state index contributed by atoms with van der Waals surface area (Å²) in [6.45, 7) is 0. The van der Waals surface area contributed by atoms with Crippen molar-refractivity contribution in [2.75, 3.05) is 7.11 Å². The van der Waals surface area contributed by atoms with Gasteiger partial charge in [-0.25, -0.2) is 0 Å². The van der Waals surface area contributed by atoms with Crippen molar-refractivity contribution < 1.29 is 4.74 Å². The van der Waals surface area contributed by atoms with E-state index in [1.165, 1.54) is 30.9 Å². The van der Waals surface area contributed by atoms with Gasteiger partial charge >= 0.3 is 0 Å². The summed E-state index contributed by atoms with van der Waals surface area (Å²) in [6, 6.07) is 19.1. The molecule has 0 amide bonds. The summed E-state index contributed by atoms with van der Waals surface area (Å²) in [7, 11) is 1.70. The lowest BCUT2D eigenvalue weighted by molar-refractivity contribution is 0.415. The van der Waals surface area contributed by atoms with E-state index in [1.54, 1.807) is 18.4 Å². The zero-order valence-electron chi connectivity index (χ0n) is 12.5. The fourth-order valence-electron chi connectivity index (χ4n) is 3.33. The Bertz CT molecular complexity index is 1210. The fraction of sp³-hybridized carbons (Fsp3) is 0.0500. The van der Waals surface area contributed by atoms with E-state index in [0.717, 1.165) is 16.7 Å². The topological polar surface area (TPSA) is 22.1 Å². The molecule has 0 aliphatic carbocycles. The maximum atomic E-state index is 5.42. The Morgan fingerprint density at radius 3 is 2.65 bits per heavy atom. The van der Waals surface area contributed by atoms with E-state index in [-0.39, 0.29) is 0 Å². The Morgan fingerprint density at radius 1 is 0.870 bits per heavy atom. The monoisotopic (exact) mass is 315 g/mol. The second kappa shape index (κ2) is 4.67. The highest BCUT2D eigenvalue weighted by atomic mass is 32.1. The third kappa shape index (κ3) is 1.77. The molecule has 0 aliphatic rings. The van der Waals surface area contributed by atoms with Crippen molar-refractivity contribution in [2.45, 2.75) is 0 Å². The SMILES string of the molecule is COc1ccc2ncc3sc4ccc5ccccc5c4c3c2c1. The first-order chi connectivity index (χ1) is 11.3. The maximum Gasteiger partial charge on any atom is 0.119 e. The van der Waals surface area contributed by atoms with Gasteiger partial charge in [0.2, 0.25) is 0 Å². The number of aromatic nitrogens is 1. The molecule has 0 N–H and O–H groups in total. The van der Waals surface area contributed by atoms with Crippen LogP contribution in [0.3, 0.4) is 0 Å². The molecular weight excluding hydrogens is 302 g/mol. The Balaban J connectivity index is 2.10. The van der Waals surface area contributed by atoms with Gasteiger partial charge < -0.3 is 4.74 Å². The average molecular weight is 315 g/mol. The quantitative estimate of drug-likeness (QED) is 0.392. The van der Waals surface area contributed by atoms with Crippen molar-refractivity contribution in [1.82, 2.24) is 4.98 Å². The molecule has 0 aliphatic heterocycles. The Hall–Kier alpha value is -2.65. The minimum atomic E-state index is 0.867. The van der Waals surface area contributed by atoms with Crippen LogP contribution in [-0.2, 0) is 0 Å². The minimum absolute atomic E-state index is 0.867. The van der Waals surface area contributed by atoms with Gasteiger partial charge in [0.25, 0.3) is 0 Å². The third-order valence-corrected chi connectivity index (χ3v) is 5.49. The Kier molecular flexibility index (Phi) is 2.61. The number of thiophene rings is 1. The number of rotatable bonds is 1. The molecule has 0 spiro atoms. The number of hydrogen-bond donors (Lipinski definition) is 0. The largest absolute Gasteiger partial charge is 0.497 e. The van der Waals surface area contributed by atoms with Gasteiger partial charge in [-0.2, -0.15) is 0 Å². The third-order valence-electron chi connectivity index (χ3n) is 4.40. The second-order valence-electron chi connectivity index (χ2n) is 5.64. The van der Waals surface area contributed by atoms with Crippen molar-refractivity contribution in [3.63, 3.8) is 0 Å². The van der Waals surface area contributed by atoms with Crippen molar-refractivity contribution >= 4 is 53.2 Å². The van der Waals surface area contributed by atoms with Crippen LogP contribution in [0.15, 0.2) is 60.8 Å². The molecule has 110 valence electrons. The van der Waals surface area contributed by atoms with Crippen LogP contribution in [0.4, 0.5) is 0 Å². The molecule has 0 bridgehead atoms. The van der Waals surface area contributed by atoms with E-state index in [4.69, 9.17) is 4.74 Å². The van der Waals surface area contributed by atoms with Gasteiger partial charge in [0.1, 0.15) is 5.75 Å². The molecule has 0 saturated heterocycles. The van der Waals surface area contributed by atoms with E-state index in [0.29, 0.717) is 0 Å². The minimum Gasteiger partial charge on any atom is -0.497 e. The second-order valence-corrected chi connectivity index (χ2v) is 6.73. The lowest BCUT2D eigenvalue weighted by Crippen LogP contribution is -1.84. The Labute approximate surface area is 136 Å². The van der Waals surface area contributed by atoms with Crippen LogP contribution in [0, 0.1) is 0 Å². The van der Waals surface area contributed by atoms with Crippen molar-refractivity contribution in [3.8, 4) is 5.75 Å². The molecule has 3 heteroatoms. The number of pyridine rings is 1. The molecule has 5 aromatic rings. The predicted octanol–water partition coefficient (Wildman–Crippen LogP) is 5.76. The van der Waals surface area contributed by atoms with Crippen LogP contribution in [0.2, 0.25) is 0 Å². The van der Waals surface area contributed by atoms with E-state index in [1.807, 2.05) is 18.3 Å². The summed E-state index contributed by atoms with van der Waals surface area (Å²) in [5, 5.41) is 6.33. The van der Waals surface area contributed by atoms with Gasteiger partial charge in [0.05, 0.1) is 17.3 Å². The van der Waals surface area contributed by atoms with Crippen LogP contribution >= 0.6 is 11.3 Å². The van der Waals surface area contributed by atoms with Gasteiger partial charge in [0, 0.05) is 27.1 Å². The van der Waals surface area contributed by atoms with Gasteiger partial charge in [0.15, 0.2) is 0 Å². The molecule has 0 unspecified atom stereocenters. The Morgan fingerprint density at radius 2 is 1.74 bits per heavy atom. The summed E-state index contributed by atoms with van der Waals surface area (Å²) in [5.74, 6) is 0.867. The smallest absolute Gasteiger partial charge is 0.119 e. The molecular formula is C20H13NOS. The normalized spacial score (nSPS) is 11.7. The van der Waals surface area contributed by atoms with Gasteiger partial charge in [-0.3, -0.25) is 4.98 Å². The molecule has 23 heavy (non-hydrogen) atoms. The van der Waals surface area contributed by atoms with Crippen molar-refractivity contribution in [1.29, 1.82) is 0 Å². The van der Waals surface area contributed by atoms with Crippen LogP contribution in [0.1, 0.15) is 0 Å². The van der Waals surface area contributed by atoms with Crippen LogP contribution in [0.5, 0.6) is 5.75 Å². The number of fused-ring (bicyclic) bond motifs is 7. The number of hydrogen-bond acceptors (Lipinski definition) is 3. The fourth-order valence-corrected chi connectivity index (χ4v) is 4.44. The standard InChI is InChI=1S/C20H13NOS/c1-22-13-7-8-16-15(10-13)20-18(11-21-16)23-17-9-6-12-4-2-3-5-14(12)19(17)20/h2-11H,1H3. The van der Waals surface area contributed by atoms with E-state index < -0.39 is 0 Å². The van der Waals surface area contributed by atoms with Crippen LogP contribution < -0.4 is 4.74 Å². The van der Waals surface area contributed by atoms with Crippen LogP contribution in [-0.4, -0.2) is 12.1 Å². The summed E-state index contributed by atoms with van der Waals surface area (Å²) in [5.41, 5.74) is 1.01.